The molecule has 2 heterocycles. The van der Waals surface area contributed by atoms with Crippen molar-refractivity contribution in [2.45, 2.75) is 65.3 Å². The van der Waals surface area contributed by atoms with Crippen molar-refractivity contribution in [2.24, 2.45) is 11.8 Å². The van der Waals surface area contributed by atoms with E-state index in [1.807, 2.05) is 34.1 Å². The van der Waals surface area contributed by atoms with Crippen LogP contribution in [-0.4, -0.2) is 47.9 Å². The van der Waals surface area contributed by atoms with E-state index in [4.69, 9.17) is 4.74 Å². The van der Waals surface area contributed by atoms with Crippen LogP contribution in [0.5, 0.6) is 5.75 Å². The molecule has 6 heteroatoms. The molecule has 0 spiro atoms. The average molecular weight is 483 g/mol. The Morgan fingerprint density at radius 3 is 2.62 bits per heavy atom. The Kier molecular flexibility index (Phi) is 8.30. The number of rotatable bonds is 9. The van der Waals surface area contributed by atoms with Crippen molar-refractivity contribution in [1.82, 2.24) is 9.80 Å². The monoisotopic (exact) mass is 482 g/mol. The predicted molar refractivity (Wildman–Crippen MR) is 137 cm³/mol. The van der Waals surface area contributed by atoms with Crippen LogP contribution in [0.1, 0.15) is 68.0 Å². The fourth-order valence-corrected chi connectivity index (χ4v) is 6.04. The number of fused-ring (bicyclic) bond motifs is 1. The number of benzene rings is 1. The maximum atomic E-state index is 13.7. The summed E-state index contributed by atoms with van der Waals surface area (Å²) < 4.78 is 6.15. The van der Waals surface area contributed by atoms with E-state index in [0.717, 1.165) is 44.3 Å². The lowest BCUT2D eigenvalue weighted by Gasteiger charge is -2.37. The molecule has 0 saturated heterocycles. The van der Waals surface area contributed by atoms with Gasteiger partial charge in [0.2, 0.25) is 11.8 Å². The minimum atomic E-state index is -0.129. The van der Waals surface area contributed by atoms with Crippen LogP contribution < -0.4 is 4.74 Å². The van der Waals surface area contributed by atoms with Crippen LogP contribution in [-0.2, 0) is 16.0 Å². The molecular formula is C28H38N2O3S. The highest BCUT2D eigenvalue weighted by Crippen LogP contribution is 2.34. The van der Waals surface area contributed by atoms with Gasteiger partial charge in [0.05, 0.1) is 12.6 Å². The number of ether oxygens (including phenoxy) is 1. The van der Waals surface area contributed by atoms with E-state index in [-0.39, 0.29) is 30.3 Å². The zero-order chi connectivity index (χ0) is 24.1. The molecule has 184 valence electrons. The number of carbonyl (C=O) groups excluding carboxylic acids is 2. The maximum absolute atomic E-state index is 13.7. The highest BCUT2D eigenvalue weighted by Gasteiger charge is 2.35. The molecule has 2 amide bonds. The summed E-state index contributed by atoms with van der Waals surface area (Å²) in [5.74, 6) is 1.48. The minimum Gasteiger partial charge on any atom is -0.491 e. The smallest absolute Gasteiger partial charge is 0.242 e. The number of hydrogen-bond donors (Lipinski definition) is 0. The Morgan fingerprint density at radius 2 is 1.91 bits per heavy atom. The van der Waals surface area contributed by atoms with Crippen LogP contribution in [0.25, 0.3) is 0 Å². The second kappa shape index (κ2) is 11.4. The summed E-state index contributed by atoms with van der Waals surface area (Å²) in [6.45, 7) is 8.27. The third kappa shape index (κ3) is 5.83. The highest BCUT2D eigenvalue weighted by molar-refractivity contribution is 7.10. The van der Waals surface area contributed by atoms with Crippen LogP contribution in [0.3, 0.4) is 0 Å². The van der Waals surface area contributed by atoms with E-state index in [0.29, 0.717) is 25.6 Å². The van der Waals surface area contributed by atoms with Crippen molar-refractivity contribution in [3.63, 3.8) is 0 Å². The van der Waals surface area contributed by atoms with Crippen LogP contribution in [0.4, 0.5) is 0 Å². The van der Waals surface area contributed by atoms with Gasteiger partial charge in [0.1, 0.15) is 12.4 Å². The molecule has 34 heavy (non-hydrogen) atoms. The van der Waals surface area contributed by atoms with Crippen LogP contribution in [0, 0.1) is 18.8 Å². The van der Waals surface area contributed by atoms with Crippen molar-refractivity contribution >= 4 is 23.2 Å². The molecule has 0 radical (unpaired) electrons. The topological polar surface area (TPSA) is 49.9 Å². The van der Waals surface area contributed by atoms with E-state index < -0.39 is 0 Å². The summed E-state index contributed by atoms with van der Waals surface area (Å²) in [6.07, 6.45) is 6.01. The van der Waals surface area contributed by atoms with Gasteiger partial charge in [-0.2, -0.15) is 0 Å². The normalized spacial score (nSPS) is 19.0. The van der Waals surface area contributed by atoms with Gasteiger partial charge >= 0.3 is 0 Å². The minimum absolute atomic E-state index is 0.0315. The summed E-state index contributed by atoms with van der Waals surface area (Å²) >= 11 is 1.76. The molecule has 2 aromatic rings. The van der Waals surface area contributed by atoms with Crippen molar-refractivity contribution in [2.75, 3.05) is 26.2 Å². The van der Waals surface area contributed by atoms with Crippen LogP contribution in [0.15, 0.2) is 35.7 Å². The largest absolute Gasteiger partial charge is 0.491 e. The van der Waals surface area contributed by atoms with Gasteiger partial charge in [0, 0.05) is 23.9 Å². The molecule has 0 N–H and O–H groups in total. The fourth-order valence-electron chi connectivity index (χ4n) is 5.11. The molecule has 1 aromatic carbocycles. The van der Waals surface area contributed by atoms with Gasteiger partial charge in [-0.1, -0.05) is 50.8 Å². The first-order valence-electron chi connectivity index (χ1n) is 12.8. The van der Waals surface area contributed by atoms with Gasteiger partial charge in [-0.3, -0.25) is 9.59 Å². The number of aryl methyl sites for hydroxylation is 1. The van der Waals surface area contributed by atoms with E-state index in [9.17, 15) is 9.59 Å². The van der Waals surface area contributed by atoms with E-state index in [1.165, 1.54) is 16.0 Å². The lowest BCUT2D eigenvalue weighted by molar-refractivity contribution is -0.145. The number of amides is 2. The summed E-state index contributed by atoms with van der Waals surface area (Å²) in [4.78, 5) is 32.1. The van der Waals surface area contributed by atoms with Gasteiger partial charge in [0.25, 0.3) is 0 Å². The third-order valence-electron chi connectivity index (χ3n) is 7.42. The lowest BCUT2D eigenvalue weighted by atomic mass is 10.00. The van der Waals surface area contributed by atoms with Gasteiger partial charge < -0.3 is 14.5 Å². The van der Waals surface area contributed by atoms with Gasteiger partial charge in [0.15, 0.2) is 0 Å². The Hall–Kier alpha value is -2.34. The Labute approximate surface area is 208 Å². The van der Waals surface area contributed by atoms with Crippen molar-refractivity contribution < 1.29 is 14.3 Å². The predicted octanol–water partition coefficient (Wildman–Crippen LogP) is 5.63. The molecule has 4 rings (SSSR count). The van der Waals surface area contributed by atoms with E-state index in [1.54, 1.807) is 11.3 Å². The lowest BCUT2D eigenvalue weighted by Crippen LogP contribution is -2.49. The average Bonchev–Trinajstić information content (AvgIpc) is 3.54. The molecule has 1 fully saturated rings. The second-order valence-corrected chi connectivity index (χ2v) is 11.0. The highest BCUT2D eigenvalue weighted by atomic mass is 32.1. The first-order valence-corrected chi connectivity index (χ1v) is 13.7. The van der Waals surface area contributed by atoms with Crippen LogP contribution in [0.2, 0.25) is 0 Å². The first-order chi connectivity index (χ1) is 16.5. The fraction of sp³-hybridized carbons (Fsp3) is 0.571. The third-order valence-corrected chi connectivity index (χ3v) is 8.41. The van der Waals surface area contributed by atoms with Crippen molar-refractivity contribution in [1.29, 1.82) is 0 Å². The summed E-state index contributed by atoms with van der Waals surface area (Å²) in [5.41, 5.74) is 2.38. The number of thiophene rings is 1. The quantitative estimate of drug-likeness (QED) is 0.466. The summed E-state index contributed by atoms with van der Waals surface area (Å²) in [7, 11) is 0. The first kappa shape index (κ1) is 24.8. The molecule has 2 atom stereocenters. The van der Waals surface area contributed by atoms with Crippen molar-refractivity contribution in [3.8, 4) is 5.75 Å². The standard InChI is InChI=1S/C28H38N2O3S/c1-4-20(2)17-29(28(32)22-7-5-6-8-22)18-27(31)30-15-13-26-24(14-16-34-26)25(30)19-33-23-11-9-21(3)10-12-23/h9-12,14,16,20,22,25H,4-8,13,15,17-19H2,1-3H3/t20-,25-/m0/s1. The van der Waals surface area contributed by atoms with Gasteiger partial charge in [-0.15, -0.1) is 11.3 Å². The SMILES string of the molecule is CC[C@H](C)CN(CC(=O)N1CCc2sccc2[C@@H]1COc1ccc(C)cc1)C(=O)C1CCCC1. The van der Waals surface area contributed by atoms with E-state index >= 15 is 0 Å². The zero-order valence-corrected chi connectivity index (χ0v) is 21.6. The second-order valence-electron chi connectivity index (χ2n) is 9.99. The van der Waals surface area contributed by atoms with E-state index in [2.05, 4.69) is 32.2 Å². The number of nitrogens with zero attached hydrogens (tertiary/aromatic N) is 2. The molecule has 1 saturated carbocycles. The summed E-state index contributed by atoms with van der Waals surface area (Å²) in [5, 5.41) is 2.11. The molecule has 5 nitrogen and oxygen atoms in total. The zero-order valence-electron chi connectivity index (χ0n) is 20.8. The molecule has 2 aliphatic rings. The Bertz CT molecular complexity index is 964. The van der Waals surface area contributed by atoms with Crippen LogP contribution >= 0.6 is 11.3 Å². The van der Waals surface area contributed by atoms with Gasteiger partial charge in [-0.05, 0) is 61.2 Å². The Morgan fingerprint density at radius 1 is 1.18 bits per heavy atom. The molecular weight excluding hydrogens is 444 g/mol. The van der Waals surface area contributed by atoms with Crippen molar-refractivity contribution in [3.05, 3.63) is 51.7 Å². The molecule has 1 aliphatic heterocycles. The maximum Gasteiger partial charge on any atom is 0.242 e. The molecule has 1 aliphatic carbocycles. The molecule has 0 bridgehead atoms. The summed E-state index contributed by atoms with van der Waals surface area (Å²) in [6, 6.07) is 10.0. The number of hydrogen-bond acceptors (Lipinski definition) is 4. The molecule has 1 aromatic heterocycles. The molecule has 0 unspecified atom stereocenters. The van der Waals surface area contributed by atoms with Gasteiger partial charge in [-0.25, -0.2) is 0 Å². The Balaban J connectivity index is 1.49. The number of carbonyl (C=O) groups is 2.